The van der Waals surface area contributed by atoms with Crippen molar-refractivity contribution in [1.29, 1.82) is 0 Å². The fourth-order valence-corrected chi connectivity index (χ4v) is 3.08. The number of carbonyl (C=O) groups excluding carboxylic acids is 1. The van der Waals surface area contributed by atoms with Crippen LogP contribution < -0.4 is 10.1 Å². The van der Waals surface area contributed by atoms with Gasteiger partial charge in [-0.1, -0.05) is 42.5 Å². The van der Waals surface area contributed by atoms with E-state index in [1.165, 1.54) is 0 Å². The molecule has 2 N–H and O–H groups in total. The predicted molar refractivity (Wildman–Crippen MR) is 108 cm³/mol. The summed E-state index contributed by atoms with van der Waals surface area (Å²) >= 11 is 0. The molecule has 4 nitrogen and oxygen atoms in total. The highest BCUT2D eigenvalue weighted by atomic mass is 16.5. The van der Waals surface area contributed by atoms with Crippen LogP contribution in [0.5, 0.6) is 5.75 Å². The van der Waals surface area contributed by atoms with E-state index in [0.29, 0.717) is 18.5 Å². The number of fused-ring (bicyclic) bond motifs is 1. The Balaban J connectivity index is 1.56. The van der Waals surface area contributed by atoms with Crippen LogP contribution in [0.4, 0.5) is 0 Å². The van der Waals surface area contributed by atoms with Gasteiger partial charge in [0.15, 0.2) is 0 Å². The van der Waals surface area contributed by atoms with E-state index in [2.05, 4.69) is 5.32 Å². The fourth-order valence-electron chi connectivity index (χ4n) is 3.08. The SMILES string of the molecule is CC(C)Oc1ccc(C(=O)NCCC(O)c2cccc3ccccc23)cc1. The maximum absolute atomic E-state index is 12.3. The van der Waals surface area contributed by atoms with Crippen molar-refractivity contribution in [2.45, 2.75) is 32.5 Å². The number of hydrogen-bond donors (Lipinski definition) is 2. The summed E-state index contributed by atoms with van der Waals surface area (Å²) in [4.78, 5) is 12.3. The Morgan fingerprint density at radius 1 is 1.00 bits per heavy atom. The van der Waals surface area contributed by atoms with Crippen LogP contribution in [0.1, 0.15) is 42.3 Å². The molecule has 3 aromatic rings. The highest BCUT2D eigenvalue weighted by molar-refractivity contribution is 5.94. The molecular weight excluding hydrogens is 338 g/mol. The highest BCUT2D eigenvalue weighted by Crippen LogP contribution is 2.25. The fraction of sp³-hybridized carbons (Fsp3) is 0.261. The van der Waals surface area contributed by atoms with Gasteiger partial charge in [-0.05, 0) is 60.9 Å². The molecule has 140 valence electrons. The van der Waals surface area contributed by atoms with Gasteiger partial charge in [0.2, 0.25) is 0 Å². The van der Waals surface area contributed by atoms with E-state index in [4.69, 9.17) is 4.74 Å². The molecule has 0 aliphatic rings. The first-order valence-electron chi connectivity index (χ1n) is 9.25. The summed E-state index contributed by atoms with van der Waals surface area (Å²) in [6, 6.07) is 21.0. The number of ether oxygens (including phenoxy) is 1. The standard InChI is InChI=1S/C23H25NO3/c1-16(2)27-19-12-10-18(11-13-19)23(26)24-15-14-22(25)21-9-5-7-17-6-3-4-8-20(17)21/h3-13,16,22,25H,14-15H2,1-2H3,(H,24,26). The van der Waals surface area contributed by atoms with Crippen LogP contribution in [-0.4, -0.2) is 23.7 Å². The largest absolute Gasteiger partial charge is 0.491 e. The second-order valence-corrected chi connectivity index (χ2v) is 6.82. The normalized spacial score (nSPS) is 12.1. The smallest absolute Gasteiger partial charge is 0.251 e. The number of aliphatic hydroxyl groups is 1. The molecule has 3 aromatic carbocycles. The summed E-state index contributed by atoms with van der Waals surface area (Å²) in [5, 5.41) is 15.6. The lowest BCUT2D eigenvalue weighted by Crippen LogP contribution is -2.25. The Morgan fingerprint density at radius 2 is 1.70 bits per heavy atom. The number of aliphatic hydroxyl groups excluding tert-OH is 1. The Bertz CT molecular complexity index is 898. The second kappa shape index (κ2) is 8.69. The minimum Gasteiger partial charge on any atom is -0.491 e. The minimum atomic E-state index is -0.627. The number of hydrogen-bond acceptors (Lipinski definition) is 3. The first kappa shape index (κ1) is 18.9. The number of amides is 1. The Labute approximate surface area is 159 Å². The third kappa shape index (κ3) is 4.86. The first-order chi connectivity index (χ1) is 13.0. The van der Waals surface area contributed by atoms with Gasteiger partial charge in [-0.25, -0.2) is 0 Å². The molecule has 1 amide bonds. The zero-order valence-corrected chi connectivity index (χ0v) is 15.7. The summed E-state index contributed by atoms with van der Waals surface area (Å²) in [6.07, 6.45) is -0.0765. The molecule has 0 saturated heterocycles. The van der Waals surface area contributed by atoms with E-state index < -0.39 is 6.10 Å². The van der Waals surface area contributed by atoms with E-state index in [9.17, 15) is 9.90 Å². The topological polar surface area (TPSA) is 58.6 Å². The van der Waals surface area contributed by atoms with Gasteiger partial charge in [-0.2, -0.15) is 0 Å². The van der Waals surface area contributed by atoms with Gasteiger partial charge in [-0.3, -0.25) is 4.79 Å². The van der Waals surface area contributed by atoms with Crippen LogP contribution in [0.2, 0.25) is 0 Å². The van der Waals surface area contributed by atoms with Crippen LogP contribution in [0.25, 0.3) is 10.8 Å². The Hall–Kier alpha value is -2.85. The molecule has 0 radical (unpaired) electrons. The third-order valence-electron chi connectivity index (χ3n) is 4.37. The third-order valence-corrected chi connectivity index (χ3v) is 4.37. The van der Waals surface area contributed by atoms with E-state index in [-0.39, 0.29) is 12.0 Å². The highest BCUT2D eigenvalue weighted by Gasteiger charge is 2.12. The van der Waals surface area contributed by atoms with Crippen molar-refractivity contribution >= 4 is 16.7 Å². The molecule has 0 spiro atoms. The van der Waals surface area contributed by atoms with Crippen LogP contribution >= 0.6 is 0 Å². The van der Waals surface area contributed by atoms with Crippen molar-refractivity contribution in [3.63, 3.8) is 0 Å². The van der Waals surface area contributed by atoms with Gasteiger partial charge in [0.05, 0.1) is 12.2 Å². The molecule has 3 rings (SSSR count). The van der Waals surface area contributed by atoms with Crippen molar-refractivity contribution in [1.82, 2.24) is 5.32 Å². The van der Waals surface area contributed by atoms with Crippen molar-refractivity contribution in [2.24, 2.45) is 0 Å². The monoisotopic (exact) mass is 363 g/mol. The van der Waals surface area contributed by atoms with E-state index in [0.717, 1.165) is 22.1 Å². The molecule has 1 atom stereocenters. The predicted octanol–water partition coefficient (Wildman–Crippen LogP) is 4.48. The van der Waals surface area contributed by atoms with Gasteiger partial charge in [0, 0.05) is 12.1 Å². The summed E-state index contributed by atoms with van der Waals surface area (Å²) in [5.74, 6) is 0.587. The second-order valence-electron chi connectivity index (χ2n) is 6.82. The average Bonchev–Trinajstić information content (AvgIpc) is 2.67. The summed E-state index contributed by atoms with van der Waals surface area (Å²) in [7, 11) is 0. The first-order valence-corrected chi connectivity index (χ1v) is 9.25. The molecule has 1 unspecified atom stereocenters. The lowest BCUT2D eigenvalue weighted by molar-refractivity contribution is 0.0943. The minimum absolute atomic E-state index is 0.0974. The molecule has 0 heterocycles. The number of rotatable bonds is 7. The van der Waals surface area contributed by atoms with Gasteiger partial charge >= 0.3 is 0 Å². The van der Waals surface area contributed by atoms with E-state index >= 15 is 0 Å². The zero-order valence-electron chi connectivity index (χ0n) is 15.7. The average molecular weight is 363 g/mol. The van der Waals surface area contributed by atoms with Crippen LogP contribution in [0, 0.1) is 0 Å². The maximum atomic E-state index is 12.3. The Morgan fingerprint density at radius 3 is 2.44 bits per heavy atom. The van der Waals surface area contributed by atoms with Crippen molar-refractivity contribution < 1.29 is 14.6 Å². The van der Waals surface area contributed by atoms with Crippen molar-refractivity contribution in [3.8, 4) is 5.75 Å². The molecule has 27 heavy (non-hydrogen) atoms. The molecule has 0 fully saturated rings. The summed E-state index contributed by atoms with van der Waals surface area (Å²) in [5.41, 5.74) is 1.46. The van der Waals surface area contributed by atoms with E-state index in [1.807, 2.05) is 56.3 Å². The number of nitrogens with one attached hydrogen (secondary N) is 1. The number of benzene rings is 3. The summed E-state index contributed by atoms with van der Waals surface area (Å²) < 4.78 is 5.58. The molecule has 0 saturated carbocycles. The van der Waals surface area contributed by atoms with Crippen LogP contribution in [0.3, 0.4) is 0 Å². The van der Waals surface area contributed by atoms with Gasteiger partial charge in [-0.15, -0.1) is 0 Å². The maximum Gasteiger partial charge on any atom is 0.251 e. The van der Waals surface area contributed by atoms with Crippen LogP contribution in [0.15, 0.2) is 66.7 Å². The van der Waals surface area contributed by atoms with Gasteiger partial charge < -0.3 is 15.2 Å². The van der Waals surface area contributed by atoms with Crippen LogP contribution in [-0.2, 0) is 0 Å². The molecular formula is C23H25NO3. The van der Waals surface area contributed by atoms with Crippen molar-refractivity contribution in [3.05, 3.63) is 77.9 Å². The Kier molecular flexibility index (Phi) is 6.09. The van der Waals surface area contributed by atoms with E-state index in [1.54, 1.807) is 24.3 Å². The van der Waals surface area contributed by atoms with Gasteiger partial charge in [0.25, 0.3) is 5.91 Å². The lowest BCUT2D eigenvalue weighted by atomic mass is 9.99. The van der Waals surface area contributed by atoms with Gasteiger partial charge in [0.1, 0.15) is 5.75 Å². The molecule has 0 aromatic heterocycles. The quantitative estimate of drug-likeness (QED) is 0.651. The van der Waals surface area contributed by atoms with Crippen molar-refractivity contribution in [2.75, 3.05) is 6.54 Å². The molecule has 0 bridgehead atoms. The zero-order chi connectivity index (χ0) is 19.2. The number of carbonyl (C=O) groups is 1. The molecule has 0 aliphatic heterocycles. The summed E-state index contributed by atoms with van der Waals surface area (Å²) in [6.45, 7) is 4.32. The molecule has 0 aliphatic carbocycles. The molecule has 4 heteroatoms. The lowest BCUT2D eigenvalue weighted by Gasteiger charge is -2.14.